The number of nitrogens with one attached hydrogen (secondary N) is 1. The first-order valence-corrected chi connectivity index (χ1v) is 11.4. The number of hydrogen-bond acceptors (Lipinski definition) is 7. The molecule has 2 aromatic carbocycles. The zero-order valence-electron chi connectivity index (χ0n) is 16.0. The highest BCUT2D eigenvalue weighted by molar-refractivity contribution is 8.27. The number of carbonyl (C=O) groups excluding carboxylic acids is 2. The molecule has 30 heavy (non-hydrogen) atoms. The zero-order chi connectivity index (χ0) is 20.5. The molecule has 5 rings (SSSR count). The second-order valence-electron chi connectivity index (χ2n) is 7.19. The van der Waals surface area contributed by atoms with E-state index in [2.05, 4.69) is 22.3 Å². The Morgan fingerprint density at radius 1 is 1.17 bits per heavy atom. The number of thiazole rings is 1. The Morgan fingerprint density at radius 2 is 2.00 bits per heavy atom. The van der Waals surface area contributed by atoms with Gasteiger partial charge in [0.15, 0.2) is 5.13 Å². The van der Waals surface area contributed by atoms with Crippen molar-refractivity contribution in [2.75, 3.05) is 18.1 Å². The molecule has 8 heteroatoms. The van der Waals surface area contributed by atoms with Gasteiger partial charge in [-0.1, -0.05) is 35.6 Å². The van der Waals surface area contributed by atoms with Crippen molar-refractivity contribution in [1.29, 1.82) is 0 Å². The smallest absolute Gasteiger partial charge is 0.291 e. The van der Waals surface area contributed by atoms with Crippen LogP contribution in [0.2, 0.25) is 0 Å². The van der Waals surface area contributed by atoms with Crippen molar-refractivity contribution in [1.82, 2.24) is 10.3 Å². The minimum atomic E-state index is -0.333. The Labute approximate surface area is 181 Å². The van der Waals surface area contributed by atoms with Crippen LogP contribution in [0.15, 0.2) is 54.2 Å². The number of anilines is 1. The molecule has 152 valence electrons. The van der Waals surface area contributed by atoms with E-state index in [1.807, 2.05) is 36.4 Å². The summed E-state index contributed by atoms with van der Waals surface area (Å²) in [6, 6.07) is 16.1. The van der Waals surface area contributed by atoms with Crippen LogP contribution in [-0.2, 0) is 4.79 Å². The average Bonchev–Trinajstić information content (AvgIpc) is 3.45. The SMILES string of the molecule is O=C1NC(=Cc2ccc(OC[C@H]3CCCN3c3nc4ccccc4s3)cc2)C(=O)S1. The quantitative estimate of drug-likeness (QED) is 0.585. The summed E-state index contributed by atoms with van der Waals surface area (Å²) in [5, 5.41) is 3.03. The first-order valence-electron chi connectivity index (χ1n) is 9.76. The number of hydrogen-bond donors (Lipinski definition) is 1. The highest BCUT2D eigenvalue weighted by Crippen LogP contribution is 2.33. The fraction of sp³-hybridized carbons (Fsp3) is 0.227. The number of fused-ring (bicyclic) bond motifs is 1. The average molecular weight is 438 g/mol. The molecule has 0 radical (unpaired) electrons. The summed E-state index contributed by atoms with van der Waals surface area (Å²) < 4.78 is 7.26. The van der Waals surface area contributed by atoms with Gasteiger partial charge in [-0.3, -0.25) is 9.59 Å². The van der Waals surface area contributed by atoms with Crippen molar-refractivity contribution in [3.05, 3.63) is 59.8 Å². The normalized spacial score (nSPS) is 20.3. The molecule has 0 unspecified atom stereocenters. The third kappa shape index (κ3) is 3.93. The predicted octanol–water partition coefficient (Wildman–Crippen LogP) is 4.67. The number of rotatable bonds is 5. The summed E-state index contributed by atoms with van der Waals surface area (Å²) in [5.41, 5.74) is 2.20. The molecule has 1 atom stereocenters. The molecule has 3 aromatic rings. The highest BCUT2D eigenvalue weighted by atomic mass is 32.2. The van der Waals surface area contributed by atoms with Crippen molar-refractivity contribution in [3.63, 3.8) is 0 Å². The maximum Gasteiger partial charge on any atom is 0.291 e. The van der Waals surface area contributed by atoms with E-state index in [0.29, 0.717) is 30.1 Å². The van der Waals surface area contributed by atoms with E-state index in [0.717, 1.165) is 41.3 Å². The summed E-state index contributed by atoms with van der Waals surface area (Å²) >= 11 is 2.41. The van der Waals surface area contributed by atoms with Gasteiger partial charge in [0, 0.05) is 18.3 Å². The molecule has 1 N–H and O–H groups in total. The number of para-hydroxylation sites is 1. The van der Waals surface area contributed by atoms with E-state index in [-0.39, 0.29) is 10.4 Å². The monoisotopic (exact) mass is 437 g/mol. The second kappa shape index (κ2) is 8.12. The van der Waals surface area contributed by atoms with Crippen LogP contribution < -0.4 is 15.0 Å². The summed E-state index contributed by atoms with van der Waals surface area (Å²) in [4.78, 5) is 30.1. The fourth-order valence-corrected chi connectivity index (χ4v) is 5.30. The lowest BCUT2D eigenvalue weighted by atomic mass is 10.2. The van der Waals surface area contributed by atoms with Gasteiger partial charge in [0.2, 0.25) is 5.12 Å². The van der Waals surface area contributed by atoms with Gasteiger partial charge in [-0.2, -0.15) is 0 Å². The number of amides is 1. The second-order valence-corrected chi connectivity index (χ2v) is 9.15. The minimum absolute atomic E-state index is 0.253. The molecular weight excluding hydrogens is 418 g/mol. The molecule has 0 saturated carbocycles. The molecule has 0 spiro atoms. The number of carbonyl (C=O) groups is 2. The van der Waals surface area contributed by atoms with Gasteiger partial charge in [-0.05, 0) is 48.7 Å². The molecule has 0 bridgehead atoms. The van der Waals surface area contributed by atoms with Gasteiger partial charge < -0.3 is 15.0 Å². The summed E-state index contributed by atoms with van der Waals surface area (Å²) in [6.45, 7) is 1.60. The Balaban J connectivity index is 1.23. The molecule has 3 heterocycles. The fourth-order valence-electron chi connectivity index (χ4n) is 3.68. The largest absolute Gasteiger partial charge is 0.491 e. The number of aromatic nitrogens is 1. The molecule has 2 aliphatic rings. The van der Waals surface area contributed by atoms with Gasteiger partial charge in [-0.15, -0.1) is 0 Å². The summed E-state index contributed by atoms with van der Waals surface area (Å²) in [6.07, 6.45) is 3.89. The van der Waals surface area contributed by atoms with Crippen LogP contribution in [0.25, 0.3) is 16.3 Å². The molecule has 1 amide bonds. The van der Waals surface area contributed by atoms with Gasteiger partial charge in [0.25, 0.3) is 5.24 Å². The highest BCUT2D eigenvalue weighted by Gasteiger charge is 2.28. The minimum Gasteiger partial charge on any atom is -0.491 e. The standard InChI is InChI=1S/C22H19N3O3S2/c26-20-18(24-22(27)30-20)12-14-7-9-16(10-8-14)28-13-15-4-3-11-25(15)21-23-17-5-1-2-6-19(17)29-21/h1-2,5-10,12,15H,3-4,11,13H2,(H,24,27)/t15-/m1/s1. The van der Waals surface area contributed by atoms with E-state index in [1.165, 1.54) is 4.70 Å². The predicted molar refractivity (Wildman–Crippen MR) is 121 cm³/mol. The Morgan fingerprint density at radius 3 is 2.77 bits per heavy atom. The molecular formula is C22H19N3O3S2. The van der Waals surface area contributed by atoms with E-state index < -0.39 is 0 Å². The maximum atomic E-state index is 11.7. The van der Waals surface area contributed by atoms with Crippen molar-refractivity contribution >= 4 is 54.9 Å². The lowest BCUT2D eigenvalue weighted by molar-refractivity contribution is -0.107. The van der Waals surface area contributed by atoms with Crippen molar-refractivity contribution < 1.29 is 14.3 Å². The molecule has 6 nitrogen and oxygen atoms in total. The van der Waals surface area contributed by atoms with Gasteiger partial charge in [0.1, 0.15) is 12.4 Å². The van der Waals surface area contributed by atoms with Crippen LogP contribution >= 0.6 is 23.1 Å². The first kappa shape index (κ1) is 19.1. The third-order valence-electron chi connectivity index (χ3n) is 5.18. The van der Waals surface area contributed by atoms with Crippen LogP contribution in [-0.4, -0.2) is 34.5 Å². The van der Waals surface area contributed by atoms with E-state index in [1.54, 1.807) is 17.4 Å². The first-order chi connectivity index (χ1) is 14.7. The van der Waals surface area contributed by atoms with Crippen LogP contribution in [0, 0.1) is 0 Å². The number of benzene rings is 2. The zero-order valence-corrected chi connectivity index (χ0v) is 17.7. The number of ether oxygens (including phenoxy) is 1. The van der Waals surface area contributed by atoms with E-state index in [9.17, 15) is 9.59 Å². The number of thioether (sulfide) groups is 1. The number of nitrogens with zero attached hydrogens (tertiary/aromatic N) is 2. The lowest BCUT2D eigenvalue weighted by Crippen LogP contribution is -2.34. The Hall–Kier alpha value is -2.84. The molecule has 2 saturated heterocycles. The molecule has 2 aliphatic heterocycles. The molecule has 1 aromatic heterocycles. The maximum absolute atomic E-state index is 11.7. The van der Waals surface area contributed by atoms with Crippen molar-refractivity contribution in [2.24, 2.45) is 0 Å². The van der Waals surface area contributed by atoms with E-state index >= 15 is 0 Å². The van der Waals surface area contributed by atoms with Crippen molar-refractivity contribution in [3.8, 4) is 5.75 Å². The topological polar surface area (TPSA) is 71.5 Å². The third-order valence-corrected chi connectivity index (χ3v) is 6.95. The molecule has 0 aliphatic carbocycles. The lowest BCUT2D eigenvalue weighted by Gasteiger charge is -2.24. The van der Waals surface area contributed by atoms with Crippen molar-refractivity contribution in [2.45, 2.75) is 18.9 Å². The van der Waals surface area contributed by atoms with Gasteiger partial charge in [0.05, 0.1) is 22.0 Å². The van der Waals surface area contributed by atoms with Crippen LogP contribution in [0.1, 0.15) is 18.4 Å². The Kier molecular flexibility index (Phi) is 5.18. The summed E-state index contributed by atoms with van der Waals surface area (Å²) in [5.74, 6) is 0.782. The van der Waals surface area contributed by atoms with Gasteiger partial charge in [-0.25, -0.2) is 4.98 Å². The van der Waals surface area contributed by atoms with Crippen LogP contribution in [0.5, 0.6) is 5.75 Å². The van der Waals surface area contributed by atoms with Crippen LogP contribution in [0.4, 0.5) is 9.93 Å². The van der Waals surface area contributed by atoms with E-state index in [4.69, 9.17) is 9.72 Å². The Bertz CT molecular complexity index is 1110. The van der Waals surface area contributed by atoms with Gasteiger partial charge >= 0.3 is 0 Å². The van der Waals surface area contributed by atoms with Crippen LogP contribution in [0.3, 0.4) is 0 Å². The molecule has 2 fully saturated rings. The summed E-state index contributed by atoms with van der Waals surface area (Å²) in [7, 11) is 0.